The molecule has 8 heteroatoms. The highest BCUT2D eigenvalue weighted by molar-refractivity contribution is 5.96. The maximum absolute atomic E-state index is 14.3. The molecule has 1 atom stereocenters. The SMILES string of the molecule is CC(Oc1ccc(F)cc1C(N)=O)c1ccc(F)c(C(=O)N2CCNCC2)c1. The van der Waals surface area contributed by atoms with Gasteiger partial charge in [-0.05, 0) is 42.8 Å². The van der Waals surface area contributed by atoms with E-state index in [-0.39, 0.29) is 22.8 Å². The second-order valence-corrected chi connectivity index (χ2v) is 6.55. The second-order valence-electron chi connectivity index (χ2n) is 6.55. The lowest BCUT2D eigenvalue weighted by Crippen LogP contribution is -2.46. The van der Waals surface area contributed by atoms with E-state index in [1.807, 2.05) is 0 Å². The molecule has 1 unspecified atom stereocenters. The Morgan fingerprint density at radius 2 is 1.82 bits per heavy atom. The molecular formula is C20H21F2N3O3. The zero-order chi connectivity index (χ0) is 20.3. The van der Waals surface area contributed by atoms with Gasteiger partial charge < -0.3 is 20.7 Å². The van der Waals surface area contributed by atoms with Gasteiger partial charge in [-0.15, -0.1) is 0 Å². The van der Waals surface area contributed by atoms with Gasteiger partial charge in [0.25, 0.3) is 11.8 Å². The Kier molecular flexibility index (Phi) is 5.89. The quantitative estimate of drug-likeness (QED) is 0.822. The number of benzene rings is 2. The number of nitrogens with one attached hydrogen (secondary N) is 1. The Bertz CT molecular complexity index is 898. The van der Waals surface area contributed by atoms with E-state index in [0.29, 0.717) is 31.7 Å². The lowest BCUT2D eigenvalue weighted by atomic mass is 10.0. The Morgan fingerprint density at radius 1 is 1.11 bits per heavy atom. The van der Waals surface area contributed by atoms with Crippen molar-refractivity contribution in [3.63, 3.8) is 0 Å². The van der Waals surface area contributed by atoms with Crippen molar-refractivity contribution < 1.29 is 23.1 Å². The maximum Gasteiger partial charge on any atom is 0.256 e. The van der Waals surface area contributed by atoms with Gasteiger partial charge in [-0.2, -0.15) is 0 Å². The summed E-state index contributed by atoms with van der Waals surface area (Å²) in [5.74, 6) is -2.32. The molecule has 0 spiro atoms. The largest absolute Gasteiger partial charge is 0.485 e. The Morgan fingerprint density at radius 3 is 2.50 bits per heavy atom. The first kappa shape index (κ1) is 19.8. The van der Waals surface area contributed by atoms with E-state index in [1.165, 1.54) is 24.3 Å². The summed E-state index contributed by atoms with van der Waals surface area (Å²) in [5, 5.41) is 3.14. The molecule has 1 saturated heterocycles. The highest BCUT2D eigenvalue weighted by Gasteiger charge is 2.23. The fourth-order valence-corrected chi connectivity index (χ4v) is 3.05. The van der Waals surface area contributed by atoms with Crippen LogP contribution in [0.2, 0.25) is 0 Å². The van der Waals surface area contributed by atoms with Gasteiger partial charge in [-0.3, -0.25) is 9.59 Å². The molecule has 0 radical (unpaired) electrons. The van der Waals surface area contributed by atoms with Crippen molar-refractivity contribution in [3.05, 3.63) is 64.7 Å². The monoisotopic (exact) mass is 389 g/mol. The summed E-state index contributed by atoms with van der Waals surface area (Å²) in [7, 11) is 0. The van der Waals surface area contributed by atoms with Gasteiger partial charge in [0.05, 0.1) is 11.1 Å². The molecule has 2 aromatic rings. The highest BCUT2D eigenvalue weighted by Crippen LogP contribution is 2.27. The summed E-state index contributed by atoms with van der Waals surface area (Å²) >= 11 is 0. The zero-order valence-electron chi connectivity index (χ0n) is 15.4. The predicted molar refractivity (Wildman–Crippen MR) is 99.1 cm³/mol. The molecule has 3 N–H and O–H groups in total. The highest BCUT2D eigenvalue weighted by atomic mass is 19.1. The Balaban J connectivity index is 1.84. The van der Waals surface area contributed by atoms with Gasteiger partial charge in [-0.25, -0.2) is 8.78 Å². The minimum absolute atomic E-state index is 0.0379. The van der Waals surface area contributed by atoms with Crippen molar-refractivity contribution in [1.82, 2.24) is 10.2 Å². The second kappa shape index (κ2) is 8.35. The van der Waals surface area contributed by atoms with Gasteiger partial charge in [0.2, 0.25) is 0 Å². The van der Waals surface area contributed by atoms with Crippen molar-refractivity contribution in [2.24, 2.45) is 5.73 Å². The molecule has 1 heterocycles. The van der Waals surface area contributed by atoms with Crippen LogP contribution in [0.3, 0.4) is 0 Å². The number of rotatable bonds is 5. The molecule has 2 aromatic carbocycles. The third-order valence-corrected chi connectivity index (χ3v) is 4.61. The van der Waals surface area contributed by atoms with Crippen LogP contribution in [-0.4, -0.2) is 42.9 Å². The van der Waals surface area contributed by atoms with Gasteiger partial charge in [0, 0.05) is 26.2 Å². The minimum atomic E-state index is -0.824. The molecule has 0 saturated carbocycles. The van der Waals surface area contributed by atoms with Crippen LogP contribution >= 0.6 is 0 Å². The van der Waals surface area contributed by atoms with Crippen molar-refractivity contribution in [2.45, 2.75) is 13.0 Å². The number of carbonyl (C=O) groups excluding carboxylic acids is 2. The van der Waals surface area contributed by atoms with Gasteiger partial charge in [-0.1, -0.05) is 6.07 Å². The molecule has 0 aromatic heterocycles. The number of hydrogen-bond acceptors (Lipinski definition) is 4. The first-order chi connectivity index (χ1) is 13.4. The summed E-state index contributed by atoms with van der Waals surface area (Å²) in [5.41, 5.74) is 5.69. The summed E-state index contributed by atoms with van der Waals surface area (Å²) in [6, 6.07) is 7.61. The molecule has 6 nitrogen and oxygen atoms in total. The summed E-state index contributed by atoms with van der Waals surface area (Å²) < 4.78 is 33.4. The number of ether oxygens (including phenoxy) is 1. The first-order valence-electron chi connectivity index (χ1n) is 8.92. The Hall–Kier alpha value is -3.00. The molecule has 0 bridgehead atoms. The summed E-state index contributed by atoms with van der Waals surface area (Å²) in [6.07, 6.45) is -0.626. The van der Waals surface area contributed by atoms with Crippen LogP contribution < -0.4 is 15.8 Å². The third-order valence-electron chi connectivity index (χ3n) is 4.61. The average molecular weight is 389 g/mol. The number of piperazine rings is 1. The van der Waals surface area contributed by atoms with E-state index in [0.717, 1.165) is 12.1 Å². The van der Waals surface area contributed by atoms with E-state index in [4.69, 9.17) is 10.5 Å². The fraction of sp³-hybridized carbons (Fsp3) is 0.300. The number of halogens is 2. The molecule has 28 heavy (non-hydrogen) atoms. The molecule has 2 amide bonds. The van der Waals surface area contributed by atoms with Crippen LogP contribution in [0.25, 0.3) is 0 Å². The number of hydrogen-bond donors (Lipinski definition) is 2. The topological polar surface area (TPSA) is 84.7 Å². The smallest absolute Gasteiger partial charge is 0.256 e. The predicted octanol–water partition coefficient (Wildman–Crippen LogP) is 2.25. The molecule has 3 rings (SSSR count). The number of carbonyl (C=O) groups is 2. The normalized spacial score (nSPS) is 15.2. The zero-order valence-corrected chi connectivity index (χ0v) is 15.4. The van der Waals surface area contributed by atoms with Crippen molar-refractivity contribution >= 4 is 11.8 Å². The van der Waals surface area contributed by atoms with Crippen molar-refractivity contribution in [2.75, 3.05) is 26.2 Å². The van der Waals surface area contributed by atoms with E-state index < -0.39 is 23.6 Å². The molecule has 0 aliphatic carbocycles. The van der Waals surface area contributed by atoms with Gasteiger partial charge in [0.15, 0.2) is 0 Å². The van der Waals surface area contributed by atoms with Gasteiger partial charge >= 0.3 is 0 Å². The molecular weight excluding hydrogens is 368 g/mol. The number of nitrogens with two attached hydrogens (primary N) is 1. The van der Waals surface area contributed by atoms with Crippen LogP contribution in [0, 0.1) is 11.6 Å². The molecule has 1 aliphatic heterocycles. The number of primary amides is 1. The minimum Gasteiger partial charge on any atom is -0.485 e. The van der Waals surface area contributed by atoms with Gasteiger partial charge in [0.1, 0.15) is 23.5 Å². The summed E-state index contributed by atoms with van der Waals surface area (Å²) in [6.45, 7) is 4.01. The van der Waals surface area contributed by atoms with E-state index in [2.05, 4.69) is 5.32 Å². The standard InChI is InChI=1S/C20H21F2N3O3/c1-12(28-18-5-3-14(21)11-16(18)19(23)26)13-2-4-17(22)15(10-13)20(27)25-8-6-24-7-9-25/h2-5,10-12,24H,6-9H2,1H3,(H2,23,26). The van der Waals surface area contributed by atoms with Crippen LogP contribution in [0.4, 0.5) is 8.78 Å². The van der Waals surface area contributed by atoms with Crippen LogP contribution in [0.5, 0.6) is 5.75 Å². The first-order valence-corrected chi connectivity index (χ1v) is 8.92. The molecule has 1 aliphatic rings. The van der Waals surface area contributed by atoms with Crippen molar-refractivity contribution in [1.29, 1.82) is 0 Å². The fourth-order valence-electron chi connectivity index (χ4n) is 3.05. The summed E-state index contributed by atoms with van der Waals surface area (Å²) in [4.78, 5) is 25.8. The van der Waals surface area contributed by atoms with E-state index >= 15 is 0 Å². The van der Waals surface area contributed by atoms with Crippen LogP contribution in [0.1, 0.15) is 39.3 Å². The van der Waals surface area contributed by atoms with Crippen LogP contribution in [0.15, 0.2) is 36.4 Å². The third kappa shape index (κ3) is 4.28. The van der Waals surface area contributed by atoms with E-state index in [9.17, 15) is 18.4 Å². The Labute approximate surface area is 161 Å². The average Bonchev–Trinajstić information content (AvgIpc) is 2.69. The van der Waals surface area contributed by atoms with Crippen molar-refractivity contribution in [3.8, 4) is 5.75 Å². The molecule has 1 fully saturated rings. The lowest BCUT2D eigenvalue weighted by molar-refractivity contribution is 0.0730. The lowest BCUT2D eigenvalue weighted by Gasteiger charge is -2.28. The van der Waals surface area contributed by atoms with Crippen LogP contribution in [-0.2, 0) is 0 Å². The molecule has 148 valence electrons. The van der Waals surface area contributed by atoms with E-state index in [1.54, 1.807) is 11.8 Å². The maximum atomic E-state index is 14.3. The number of nitrogens with zero attached hydrogens (tertiary/aromatic N) is 1. The number of amides is 2.